The lowest BCUT2D eigenvalue weighted by Crippen LogP contribution is -2.63. The molecule has 0 radical (unpaired) electrons. The summed E-state index contributed by atoms with van der Waals surface area (Å²) in [6.45, 7) is 17.7. The number of nitrogens with one attached hydrogen (secondary N) is 1. The summed E-state index contributed by atoms with van der Waals surface area (Å²) in [6, 6.07) is 0. The number of hydrogen-bond acceptors (Lipinski definition) is 10. The van der Waals surface area contributed by atoms with Gasteiger partial charge >= 0.3 is 0 Å². The first kappa shape index (κ1) is 43.1. The molecular weight excluding hydrogens is 663 g/mol. The minimum Gasteiger partial charge on any atom is -0.378 e. The molecule has 11 atom stereocenters. The topological polar surface area (TPSA) is 121 Å². The van der Waals surface area contributed by atoms with Crippen LogP contribution in [0.2, 0.25) is 0 Å². The zero-order valence-corrected chi connectivity index (χ0v) is 34.2. The van der Waals surface area contributed by atoms with Crippen LogP contribution in [0.4, 0.5) is 0 Å². The number of nitrogens with zero attached hydrogens (tertiary/aromatic N) is 1. The van der Waals surface area contributed by atoms with Crippen molar-refractivity contribution in [3.05, 3.63) is 0 Å². The van der Waals surface area contributed by atoms with Gasteiger partial charge in [0.05, 0.1) is 18.3 Å². The largest absolute Gasteiger partial charge is 0.378 e. The molecule has 0 aliphatic heterocycles. The molecule has 4 saturated carbocycles. The van der Waals surface area contributed by atoms with Gasteiger partial charge in [-0.2, -0.15) is 25.3 Å². The lowest BCUT2D eigenvalue weighted by molar-refractivity contribution is -0.227. The highest BCUT2D eigenvalue weighted by molar-refractivity contribution is 7.80. The zero-order valence-electron chi connectivity index (χ0n) is 32.4. The Bertz CT molecular complexity index is 933. The minimum absolute atomic E-state index is 0.160. The van der Waals surface area contributed by atoms with E-state index in [0.29, 0.717) is 72.8 Å². The molecule has 5 unspecified atom stereocenters. The number of fused-ring (bicyclic) bond motifs is 5. The molecule has 4 aliphatic carbocycles. The number of thiol groups is 2. The monoisotopic (exact) mass is 742 g/mol. The Morgan fingerprint density at radius 2 is 1.42 bits per heavy atom. The van der Waals surface area contributed by atoms with Crippen LogP contribution >= 0.6 is 25.3 Å². The van der Waals surface area contributed by atoms with Gasteiger partial charge in [0, 0.05) is 49.8 Å². The van der Waals surface area contributed by atoms with Crippen LogP contribution in [0.5, 0.6) is 0 Å². The third kappa shape index (κ3) is 10.8. The summed E-state index contributed by atoms with van der Waals surface area (Å²) in [7, 11) is 0. The maximum absolute atomic E-state index is 7.04. The van der Waals surface area contributed by atoms with Crippen LogP contribution in [0.1, 0.15) is 104 Å². The van der Waals surface area contributed by atoms with Crippen LogP contribution in [0.25, 0.3) is 0 Å². The summed E-state index contributed by atoms with van der Waals surface area (Å²) >= 11 is 8.86. The van der Waals surface area contributed by atoms with Crippen LogP contribution in [-0.4, -0.2) is 107 Å². The number of hydrogen-bond donors (Lipinski definition) is 6. The van der Waals surface area contributed by atoms with Gasteiger partial charge in [0.2, 0.25) is 0 Å². The highest BCUT2D eigenvalue weighted by atomic mass is 32.1. The average Bonchev–Trinajstić information content (AvgIpc) is 3.46. The van der Waals surface area contributed by atoms with Crippen LogP contribution in [0, 0.1) is 46.3 Å². The van der Waals surface area contributed by atoms with E-state index in [1.54, 1.807) is 0 Å². The van der Waals surface area contributed by atoms with Gasteiger partial charge in [0.1, 0.15) is 0 Å². The van der Waals surface area contributed by atoms with Gasteiger partial charge in [-0.15, -0.1) is 0 Å². The molecule has 7 N–H and O–H groups in total. The highest BCUT2D eigenvalue weighted by Gasteiger charge is 2.66. The van der Waals surface area contributed by atoms with Gasteiger partial charge in [-0.1, -0.05) is 20.8 Å². The van der Waals surface area contributed by atoms with Crippen molar-refractivity contribution in [2.75, 3.05) is 83.7 Å². The summed E-state index contributed by atoms with van der Waals surface area (Å²) in [5.74, 6) is 5.63. The predicted octanol–water partition coefficient (Wildman–Crippen LogP) is 5.62. The molecule has 0 heterocycles. The normalized spacial score (nSPS) is 35.9. The standard InChI is InChI=1S/C40H79N5O3S2/c1-30(9-4-17-44-18-8-19-45(20-25-49)21-26-50)33-10-11-34-38-35(29-37(40(33,34)3)48-24-7-16-43)39(2)13-12-32(46-22-5-14-41)27-31(39)28-36(38)47-23-6-15-42/h30-38,44,49-50H,4-29,41-43H2,1-3H3/t30-,31?,32-,33?,34+,35+,36-,37+,38?,39?,40?/m1/s1. The third-order valence-electron chi connectivity index (χ3n) is 14.2. The lowest BCUT2D eigenvalue weighted by Gasteiger charge is -2.65. The molecule has 50 heavy (non-hydrogen) atoms. The fourth-order valence-corrected chi connectivity index (χ4v) is 12.1. The van der Waals surface area contributed by atoms with Gasteiger partial charge in [-0.3, -0.25) is 0 Å². The van der Waals surface area contributed by atoms with Crippen LogP contribution in [-0.2, 0) is 14.2 Å². The molecule has 0 aromatic carbocycles. The molecular formula is C40H79N5O3S2. The Kier molecular flexibility index (Phi) is 19.0. The Morgan fingerprint density at radius 3 is 2.10 bits per heavy atom. The van der Waals surface area contributed by atoms with Crippen LogP contribution in [0.3, 0.4) is 0 Å². The van der Waals surface area contributed by atoms with Crippen LogP contribution in [0.15, 0.2) is 0 Å². The summed E-state index contributed by atoms with van der Waals surface area (Å²) in [6.07, 6.45) is 15.9. The first-order valence-electron chi connectivity index (χ1n) is 20.9. The van der Waals surface area contributed by atoms with Crippen molar-refractivity contribution in [3.63, 3.8) is 0 Å². The first-order valence-corrected chi connectivity index (χ1v) is 22.1. The predicted molar refractivity (Wildman–Crippen MR) is 216 cm³/mol. The molecule has 0 aromatic rings. The molecule has 294 valence electrons. The molecule has 0 aromatic heterocycles. The third-order valence-corrected chi connectivity index (χ3v) is 14.6. The van der Waals surface area contributed by atoms with Gasteiger partial charge in [-0.05, 0) is 164 Å². The van der Waals surface area contributed by atoms with Gasteiger partial charge in [0.15, 0.2) is 0 Å². The Balaban J connectivity index is 1.45. The molecule has 0 saturated heterocycles. The average molecular weight is 742 g/mol. The van der Waals surface area contributed by atoms with Crippen molar-refractivity contribution < 1.29 is 14.2 Å². The summed E-state index contributed by atoms with van der Waals surface area (Å²) in [4.78, 5) is 2.48. The molecule has 10 heteroatoms. The van der Waals surface area contributed by atoms with E-state index in [9.17, 15) is 0 Å². The highest BCUT2D eigenvalue weighted by Crippen LogP contribution is 2.69. The van der Waals surface area contributed by atoms with Crippen molar-refractivity contribution in [3.8, 4) is 0 Å². The van der Waals surface area contributed by atoms with E-state index in [0.717, 1.165) is 109 Å². The Labute approximate surface area is 318 Å². The maximum atomic E-state index is 7.04. The zero-order chi connectivity index (χ0) is 36.0. The van der Waals surface area contributed by atoms with Crippen LogP contribution < -0.4 is 22.5 Å². The van der Waals surface area contributed by atoms with E-state index in [4.69, 9.17) is 31.4 Å². The molecule has 4 fully saturated rings. The van der Waals surface area contributed by atoms with E-state index in [-0.39, 0.29) is 11.5 Å². The lowest BCUT2D eigenvalue weighted by atomic mass is 9.43. The second-order valence-corrected chi connectivity index (χ2v) is 17.9. The second kappa shape index (κ2) is 22.1. The van der Waals surface area contributed by atoms with E-state index < -0.39 is 0 Å². The molecule has 0 amide bonds. The van der Waals surface area contributed by atoms with Crippen molar-refractivity contribution in [2.24, 2.45) is 63.5 Å². The van der Waals surface area contributed by atoms with Gasteiger partial charge < -0.3 is 41.6 Å². The van der Waals surface area contributed by atoms with E-state index in [1.807, 2.05) is 0 Å². The fourth-order valence-electron chi connectivity index (χ4n) is 11.5. The molecule has 8 nitrogen and oxygen atoms in total. The smallest absolute Gasteiger partial charge is 0.0637 e. The molecule has 4 aliphatic rings. The van der Waals surface area contributed by atoms with Crippen molar-refractivity contribution in [1.29, 1.82) is 0 Å². The molecule has 0 spiro atoms. The van der Waals surface area contributed by atoms with Gasteiger partial charge in [0.25, 0.3) is 0 Å². The molecule has 4 rings (SSSR count). The summed E-state index contributed by atoms with van der Waals surface area (Å²) < 4.78 is 20.4. The number of nitrogens with two attached hydrogens (primary N) is 3. The Hall–Kier alpha value is 0.380. The van der Waals surface area contributed by atoms with Crippen molar-refractivity contribution >= 4 is 25.3 Å². The minimum atomic E-state index is 0.160. The van der Waals surface area contributed by atoms with E-state index >= 15 is 0 Å². The fraction of sp³-hybridized carbons (Fsp3) is 1.00. The summed E-state index contributed by atoms with van der Waals surface area (Å²) in [5, 5.41) is 3.75. The maximum Gasteiger partial charge on any atom is 0.0637 e. The summed E-state index contributed by atoms with van der Waals surface area (Å²) in [5.41, 5.74) is 18.2. The second-order valence-electron chi connectivity index (χ2n) is 17.0. The van der Waals surface area contributed by atoms with Gasteiger partial charge in [-0.25, -0.2) is 0 Å². The first-order chi connectivity index (χ1) is 24.3. The van der Waals surface area contributed by atoms with Crippen molar-refractivity contribution in [1.82, 2.24) is 10.2 Å². The Morgan fingerprint density at radius 1 is 0.760 bits per heavy atom. The number of rotatable bonds is 25. The quantitative estimate of drug-likeness (QED) is 0.0527. The van der Waals surface area contributed by atoms with Crippen molar-refractivity contribution in [2.45, 2.75) is 123 Å². The van der Waals surface area contributed by atoms with E-state index in [2.05, 4.69) is 56.2 Å². The SMILES string of the molecule is C[C@H](CCCNCCCN(CCS)CCS)C1CC[C@H]2C3[C@H](OCCCN)CC4C[C@H](OCCCN)CCC4(C)[C@H]3C[C@H](OCCCN)C12C. The molecule has 0 bridgehead atoms. The van der Waals surface area contributed by atoms with E-state index in [1.165, 1.54) is 38.5 Å². The number of ether oxygens (including phenoxy) is 3.